The molecule has 9 nitrogen and oxygen atoms in total. The number of hydrogen-bond acceptors (Lipinski definition) is 6. The third-order valence-corrected chi connectivity index (χ3v) is 6.82. The molecule has 10 heteroatoms. The van der Waals surface area contributed by atoms with Crippen molar-refractivity contribution in [3.8, 4) is 0 Å². The second kappa shape index (κ2) is 9.04. The van der Waals surface area contributed by atoms with E-state index in [0.717, 1.165) is 23.3 Å². The van der Waals surface area contributed by atoms with E-state index in [-0.39, 0.29) is 40.3 Å². The van der Waals surface area contributed by atoms with Crippen LogP contribution in [0, 0.1) is 19.7 Å². The Labute approximate surface area is 213 Å². The number of pyridine rings is 1. The van der Waals surface area contributed by atoms with Crippen LogP contribution in [0.5, 0.6) is 0 Å². The molecular weight excluding hydrogens is 477 g/mol. The van der Waals surface area contributed by atoms with Gasteiger partial charge in [0.25, 0.3) is 17.4 Å². The number of benzene rings is 2. The fourth-order valence-electron chi connectivity index (χ4n) is 4.55. The maximum Gasteiger partial charge on any atom is 0.262 e. The average molecular weight is 506 g/mol. The zero-order valence-corrected chi connectivity index (χ0v) is 21.0. The summed E-state index contributed by atoms with van der Waals surface area (Å²) in [4.78, 5) is 42.1. The summed E-state index contributed by atoms with van der Waals surface area (Å²) in [5.41, 5.74) is 1.71. The number of aromatic nitrogens is 1. The van der Waals surface area contributed by atoms with E-state index >= 15 is 0 Å². The number of halogens is 1. The van der Waals surface area contributed by atoms with Gasteiger partial charge in [0.2, 0.25) is 6.35 Å². The van der Waals surface area contributed by atoms with Crippen molar-refractivity contribution in [3.63, 3.8) is 0 Å². The van der Waals surface area contributed by atoms with E-state index in [1.165, 1.54) is 35.7 Å². The molecule has 0 bridgehead atoms. The molecule has 0 radical (unpaired) electrons. The smallest absolute Gasteiger partial charge is 0.262 e. The number of rotatable bonds is 5. The number of nitrogens with one attached hydrogen (secondary N) is 2. The SMILES string of the molecule is Cc1ccc(Nc2c3c(c(C)c(=O)n2C)N(c2cccc(C(=O)NC4CC4)c2)C(O)N(C)C3=O)c(F)c1. The summed E-state index contributed by atoms with van der Waals surface area (Å²) in [6.45, 7) is 3.33. The minimum absolute atomic E-state index is 0.0877. The molecule has 3 N–H and O–H groups in total. The van der Waals surface area contributed by atoms with Crippen LogP contribution < -0.4 is 21.1 Å². The fourth-order valence-corrected chi connectivity index (χ4v) is 4.55. The van der Waals surface area contributed by atoms with E-state index in [1.807, 2.05) is 0 Å². The van der Waals surface area contributed by atoms with Crippen molar-refractivity contribution in [2.45, 2.75) is 39.1 Å². The zero-order valence-electron chi connectivity index (χ0n) is 21.0. The lowest BCUT2D eigenvalue weighted by molar-refractivity contribution is 0.0193. The number of anilines is 4. The Bertz CT molecular complexity index is 1500. The third-order valence-electron chi connectivity index (χ3n) is 6.82. The van der Waals surface area contributed by atoms with E-state index in [0.29, 0.717) is 11.3 Å². The summed E-state index contributed by atoms with van der Waals surface area (Å²) < 4.78 is 16.0. The zero-order chi connectivity index (χ0) is 26.6. The predicted octanol–water partition coefficient (Wildman–Crippen LogP) is 3.28. The van der Waals surface area contributed by atoms with Crippen molar-refractivity contribution >= 4 is 34.7 Å². The molecule has 2 aromatic carbocycles. The van der Waals surface area contributed by atoms with Gasteiger partial charge in [-0.25, -0.2) is 4.39 Å². The Hall–Kier alpha value is -4.18. The van der Waals surface area contributed by atoms with Crippen molar-refractivity contribution in [2.75, 3.05) is 17.3 Å². The highest BCUT2D eigenvalue weighted by Gasteiger charge is 2.40. The minimum atomic E-state index is -1.45. The van der Waals surface area contributed by atoms with Crippen LogP contribution in [0.25, 0.3) is 0 Å². The second-order valence-electron chi connectivity index (χ2n) is 9.60. The normalized spacial score (nSPS) is 17.0. The van der Waals surface area contributed by atoms with Crippen LogP contribution in [0.3, 0.4) is 0 Å². The number of hydrogen-bond donors (Lipinski definition) is 3. The maximum absolute atomic E-state index is 14.7. The number of nitrogens with zero attached hydrogens (tertiary/aromatic N) is 3. The number of fused-ring (bicyclic) bond motifs is 1. The highest BCUT2D eigenvalue weighted by molar-refractivity contribution is 6.08. The summed E-state index contributed by atoms with van der Waals surface area (Å²) in [7, 11) is 2.93. The van der Waals surface area contributed by atoms with Gasteiger partial charge in [0, 0.05) is 37.0 Å². The Balaban J connectivity index is 1.69. The van der Waals surface area contributed by atoms with Crippen molar-refractivity contribution < 1.29 is 19.1 Å². The molecule has 1 aromatic heterocycles. The van der Waals surface area contributed by atoms with Gasteiger partial charge in [-0.2, -0.15) is 0 Å². The molecule has 3 aromatic rings. The molecule has 192 valence electrons. The number of aryl methyl sites for hydroxylation is 1. The molecule has 1 saturated carbocycles. The predicted molar refractivity (Wildman–Crippen MR) is 138 cm³/mol. The number of carbonyl (C=O) groups excluding carboxylic acids is 2. The van der Waals surface area contributed by atoms with Crippen LogP contribution >= 0.6 is 0 Å². The molecule has 0 spiro atoms. The first kappa shape index (κ1) is 24.5. The molecule has 5 rings (SSSR count). The molecule has 1 fully saturated rings. The number of aliphatic hydroxyl groups excluding tert-OH is 1. The lowest BCUT2D eigenvalue weighted by Gasteiger charge is -2.42. The molecule has 2 aliphatic rings. The lowest BCUT2D eigenvalue weighted by atomic mass is 10.0. The summed E-state index contributed by atoms with van der Waals surface area (Å²) in [6, 6.07) is 11.4. The van der Waals surface area contributed by atoms with Gasteiger partial charge < -0.3 is 15.7 Å². The Kier molecular flexibility index (Phi) is 5.99. The molecule has 1 unspecified atom stereocenters. The lowest BCUT2D eigenvalue weighted by Crippen LogP contribution is -2.53. The van der Waals surface area contributed by atoms with Gasteiger partial charge >= 0.3 is 0 Å². The number of aliphatic hydroxyl groups is 1. The molecule has 37 heavy (non-hydrogen) atoms. The molecule has 1 atom stereocenters. The van der Waals surface area contributed by atoms with Crippen molar-refractivity contribution in [1.29, 1.82) is 0 Å². The number of carbonyl (C=O) groups is 2. The van der Waals surface area contributed by atoms with Gasteiger partial charge in [-0.1, -0.05) is 12.1 Å². The van der Waals surface area contributed by atoms with Crippen molar-refractivity contribution in [3.05, 3.63) is 80.9 Å². The largest absolute Gasteiger partial charge is 0.356 e. The van der Waals surface area contributed by atoms with E-state index in [9.17, 15) is 23.9 Å². The summed E-state index contributed by atoms with van der Waals surface area (Å²) in [5, 5.41) is 17.0. The van der Waals surface area contributed by atoms with Gasteiger partial charge in [-0.15, -0.1) is 0 Å². The van der Waals surface area contributed by atoms with Crippen LogP contribution in [0.4, 0.5) is 27.3 Å². The number of amides is 2. The van der Waals surface area contributed by atoms with Crippen molar-refractivity contribution in [1.82, 2.24) is 14.8 Å². The van der Waals surface area contributed by atoms with Gasteiger partial charge in [0.15, 0.2) is 0 Å². The molecule has 1 aliphatic heterocycles. The molecule has 2 heterocycles. The van der Waals surface area contributed by atoms with Crippen LogP contribution in [-0.2, 0) is 7.05 Å². The molecule has 1 aliphatic carbocycles. The fraction of sp³-hybridized carbons (Fsp3) is 0.296. The van der Waals surface area contributed by atoms with Crippen LogP contribution in [0.2, 0.25) is 0 Å². The highest BCUT2D eigenvalue weighted by atomic mass is 19.1. The van der Waals surface area contributed by atoms with Gasteiger partial charge in [0.05, 0.1) is 11.4 Å². The van der Waals surface area contributed by atoms with Crippen LogP contribution in [0.1, 0.15) is 44.7 Å². The van der Waals surface area contributed by atoms with E-state index in [1.54, 1.807) is 44.2 Å². The molecular formula is C27H28FN5O4. The van der Waals surface area contributed by atoms with Crippen molar-refractivity contribution in [2.24, 2.45) is 7.05 Å². The third kappa shape index (κ3) is 4.23. The first-order chi connectivity index (χ1) is 17.6. The van der Waals surface area contributed by atoms with Crippen LogP contribution in [-0.4, -0.2) is 45.8 Å². The van der Waals surface area contributed by atoms with E-state index in [4.69, 9.17) is 0 Å². The summed E-state index contributed by atoms with van der Waals surface area (Å²) >= 11 is 0. The van der Waals surface area contributed by atoms with Gasteiger partial charge in [0.1, 0.15) is 17.2 Å². The summed E-state index contributed by atoms with van der Waals surface area (Å²) in [5.74, 6) is -1.23. The Morgan fingerprint density at radius 2 is 1.81 bits per heavy atom. The van der Waals surface area contributed by atoms with E-state index in [2.05, 4.69) is 10.6 Å². The molecule has 2 amide bonds. The maximum atomic E-state index is 14.7. The topological polar surface area (TPSA) is 107 Å². The minimum Gasteiger partial charge on any atom is -0.356 e. The quantitative estimate of drug-likeness (QED) is 0.492. The first-order valence-electron chi connectivity index (χ1n) is 12.0. The monoisotopic (exact) mass is 505 g/mol. The van der Waals surface area contributed by atoms with Gasteiger partial charge in [-0.05, 0) is 62.6 Å². The Morgan fingerprint density at radius 3 is 2.49 bits per heavy atom. The Morgan fingerprint density at radius 1 is 1.08 bits per heavy atom. The summed E-state index contributed by atoms with van der Waals surface area (Å²) in [6.07, 6.45) is 0.434. The van der Waals surface area contributed by atoms with Gasteiger partial charge in [-0.3, -0.25) is 28.8 Å². The first-order valence-corrected chi connectivity index (χ1v) is 12.0. The van der Waals surface area contributed by atoms with E-state index < -0.39 is 23.6 Å². The standard InChI is InChI=1S/C27H28FN5O4/c1-14-8-11-20(19(28)12-14)30-23-21-22(15(2)25(35)31(23)3)33(27(37)32(4)26(21)36)18-7-5-6-16(13-18)24(34)29-17-9-10-17/h5-8,11-13,17,27,30,37H,9-10H2,1-4H3,(H,29,34). The van der Waals surface area contributed by atoms with Crippen LogP contribution in [0.15, 0.2) is 47.3 Å². The second-order valence-corrected chi connectivity index (χ2v) is 9.60. The molecule has 0 saturated heterocycles. The highest BCUT2D eigenvalue weighted by Crippen LogP contribution is 2.41. The average Bonchev–Trinajstić information content (AvgIpc) is 3.69.